The first-order chi connectivity index (χ1) is 18.6. The number of halogens is 6. The van der Waals surface area contributed by atoms with Gasteiger partial charge in [-0.25, -0.2) is 13.4 Å². The third-order valence-electron chi connectivity index (χ3n) is 5.45. The Morgan fingerprint density at radius 1 is 0.925 bits per heavy atom. The largest absolute Gasteiger partial charge is 0.417 e. The zero-order chi connectivity index (χ0) is 29.9. The molecule has 3 aromatic rings. The minimum absolute atomic E-state index is 0.151. The highest BCUT2D eigenvalue weighted by molar-refractivity contribution is 7.91. The first-order valence-electron chi connectivity index (χ1n) is 11.4. The van der Waals surface area contributed by atoms with Crippen molar-refractivity contribution in [1.29, 1.82) is 0 Å². The van der Waals surface area contributed by atoms with Gasteiger partial charge in [-0.05, 0) is 35.9 Å². The molecular weight excluding hydrogens is 566 g/mol. The lowest BCUT2D eigenvalue weighted by molar-refractivity contribution is -0.138. The zero-order valence-electron chi connectivity index (χ0n) is 21.2. The number of methoxy groups -OCH3 is 1. The molecule has 40 heavy (non-hydrogen) atoms. The molecule has 0 saturated heterocycles. The second kappa shape index (κ2) is 11.7. The van der Waals surface area contributed by atoms with E-state index in [1.165, 1.54) is 26.3 Å². The van der Waals surface area contributed by atoms with E-state index >= 15 is 0 Å². The molecular formula is C25H22F6N4O4S. The number of aliphatic imine (C=N–C) groups is 1. The normalized spacial score (nSPS) is 12.9. The zero-order valence-corrected chi connectivity index (χ0v) is 22.0. The smallest absolute Gasteiger partial charge is 0.364 e. The molecule has 0 N–H and O–H groups in total. The van der Waals surface area contributed by atoms with Gasteiger partial charge in [0.15, 0.2) is 15.7 Å². The SMILES string of the molecule is CCS(=O)(=O)c1cc(-c2ccc(C(F)(F)F)cc2)cnc1C(=NC(C)=O)N(COC)c1ccc(C(F)(F)F)cn1. The summed E-state index contributed by atoms with van der Waals surface area (Å²) >= 11 is 0. The van der Waals surface area contributed by atoms with Crippen LogP contribution in [0.4, 0.5) is 32.2 Å². The van der Waals surface area contributed by atoms with Crippen LogP contribution in [0.25, 0.3) is 11.1 Å². The molecule has 0 bridgehead atoms. The Labute approximate surface area is 225 Å². The van der Waals surface area contributed by atoms with Crippen molar-refractivity contribution >= 4 is 27.4 Å². The van der Waals surface area contributed by atoms with Gasteiger partial charge in [-0.15, -0.1) is 0 Å². The number of amides is 1. The molecule has 0 radical (unpaired) electrons. The molecule has 0 aliphatic rings. The summed E-state index contributed by atoms with van der Waals surface area (Å²) in [6.45, 7) is 1.99. The quantitative estimate of drug-likeness (QED) is 0.158. The van der Waals surface area contributed by atoms with Crippen molar-refractivity contribution in [2.45, 2.75) is 31.1 Å². The topological polar surface area (TPSA) is 102 Å². The van der Waals surface area contributed by atoms with Gasteiger partial charge in [0.1, 0.15) is 18.2 Å². The highest BCUT2D eigenvalue weighted by Crippen LogP contribution is 2.33. The Morgan fingerprint density at radius 2 is 1.52 bits per heavy atom. The van der Waals surface area contributed by atoms with Crippen molar-refractivity contribution in [2.75, 3.05) is 24.5 Å². The molecule has 1 aromatic carbocycles. The molecule has 2 heterocycles. The number of hydrogen-bond acceptors (Lipinski definition) is 6. The van der Waals surface area contributed by atoms with E-state index in [1.807, 2.05) is 0 Å². The first kappa shape index (κ1) is 30.7. The van der Waals surface area contributed by atoms with Gasteiger partial charge in [0, 0.05) is 32.0 Å². The average Bonchev–Trinajstić information content (AvgIpc) is 2.89. The molecule has 15 heteroatoms. The lowest BCUT2D eigenvalue weighted by Gasteiger charge is -2.25. The van der Waals surface area contributed by atoms with Crippen LogP contribution in [0.3, 0.4) is 0 Å². The molecule has 0 aliphatic carbocycles. The minimum Gasteiger partial charge on any atom is -0.364 e. The number of pyridine rings is 2. The van der Waals surface area contributed by atoms with Crippen molar-refractivity contribution in [3.8, 4) is 11.1 Å². The van der Waals surface area contributed by atoms with Gasteiger partial charge in [0.05, 0.1) is 21.8 Å². The summed E-state index contributed by atoms with van der Waals surface area (Å²) in [5.41, 5.74) is -1.92. The summed E-state index contributed by atoms with van der Waals surface area (Å²) in [5, 5.41) is 0. The van der Waals surface area contributed by atoms with Gasteiger partial charge < -0.3 is 4.74 Å². The third-order valence-corrected chi connectivity index (χ3v) is 7.20. The number of hydrogen-bond donors (Lipinski definition) is 0. The molecule has 0 aliphatic heterocycles. The van der Waals surface area contributed by atoms with Gasteiger partial charge >= 0.3 is 12.4 Å². The van der Waals surface area contributed by atoms with Crippen LogP contribution in [-0.4, -0.2) is 49.7 Å². The Morgan fingerprint density at radius 3 is 2.00 bits per heavy atom. The van der Waals surface area contributed by atoms with Crippen LogP contribution in [0.15, 0.2) is 64.7 Å². The molecule has 0 fully saturated rings. The van der Waals surface area contributed by atoms with E-state index in [9.17, 15) is 39.6 Å². The summed E-state index contributed by atoms with van der Waals surface area (Å²) in [4.78, 5) is 24.6. The van der Waals surface area contributed by atoms with Crippen LogP contribution in [-0.2, 0) is 31.7 Å². The number of amidine groups is 1. The summed E-state index contributed by atoms with van der Waals surface area (Å²) in [6, 6.07) is 6.85. The number of carbonyl (C=O) groups is 1. The van der Waals surface area contributed by atoms with Crippen LogP contribution in [0, 0.1) is 0 Å². The highest BCUT2D eigenvalue weighted by atomic mass is 32.2. The number of aromatic nitrogens is 2. The highest BCUT2D eigenvalue weighted by Gasteiger charge is 2.33. The van der Waals surface area contributed by atoms with Gasteiger partial charge in [0.2, 0.25) is 5.91 Å². The Bertz CT molecular complexity index is 1500. The molecule has 8 nitrogen and oxygen atoms in total. The Hall–Kier alpha value is -3.85. The van der Waals surface area contributed by atoms with E-state index < -0.39 is 56.6 Å². The lowest BCUT2D eigenvalue weighted by Crippen LogP contribution is -2.36. The fraction of sp³-hybridized carbons (Fsp3) is 0.280. The predicted octanol–water partition coefficient (Wildman–Crippen LogP) is 5.38. The van der Waals surface area contributed by atoms with Crippen molar-refractivity contribution in [2.24, 2.45) is 4.99 Å². The maximum absolute atomic E-state index is 13.1. The van der Waals surface area contributed by atoms with Crippen molar-refractivity contribution in [3.05, 3.63) is 71.7 Å². The Kier molecular flexibility index (Phi) is 8.99. The number of carbonyl (C=O) groups excluding carboxylic acids is 1. The minimum atomic E-state index is -4.67. The second-order valence-corrected chi connectivity index (χ2v) is 10.5. The number of rotatable bonds is 7. The van der Waals surface area contributed by atoms with E-state index in [-0.39, 0.29) is 28.5 Å². The van der Waals surface area contributed by atoms with E-state index in [0.29, 0.717) is 6.20 Å². The number of alkyl halides is 6. The van der Waals surface area contributed by atoms with Crippen LogP contribution >= 0.6 is 0 Å². The molecule has 3 rings (SSSR count). The van der Waals surface area contributed by atoms with Crippen molar-refractivity contribution < 1.29 is 44.3 Å². The van der Waals surface area contributed by atoms with Crippen molar-refractivity contribution in [3.63, 3.8) is 0 Å². The standard InChI is InChI=1S/C25H22F6N4O4S/c1-4-40(37,38)20-11-17(16-5-7-18(8-6-16)24(26,27)28)12-33-22(20)23(34-15(2)36)35(14-39-3)21-10-9-19(13-32-21)25(29,30)31/h5-13H,4,14H2,1-3H3. The fourth-order valence-corrected chi connectivity index (χ4v) is 4.54. The first-order valence-corrected chi connectivity index (χ1v) is 13.0. The van der Waals surface area contributed by atoms with Crippen molar-refractivity contribution in [1.82, 2.24) is 9.97 Å². The molecule has 0 saturated carbocycles. The number of ether oxygens (including phenoxy) is 1. The molecule has 0 atom stereocenters. The summed E-state index contributed by atoms with van der Waals surface area (Å²) in [5.74, 6) is -1.76. The third kappa shape index (κ3) is 7.01. The van der Waals surface area contributed by atoms with Gasteiger partial charge in [0.25, 0.3) is 0 Å². The van der Waals surface area contributed by atoms with E-state index in [2.05, 4.69) is 15.0 Å². The van der Waals surface area contributed by atoms with Crippen LogP contribution < -0.4 is 4.90 Å². The monoisotopic (exact) mass is 588 g/mol. The van der Waals surface area contributed by atoms with E-state index in [4.69, 9.17) is 4.74 Å². The summed E-state index contributed by atoms with van der Waals surface area (Å²) in [6.07, 6.45) is -7.53. The average molecular weight is 589 g/mol. The van der Waals surface area contributed by atoms with Gasteiger partial charge in [-0.2, -0.15) is 31.3 Å². The molecule has 0 spiro atoms. The van der Waals surface area contributed by atoms with Crippen LogP contribution in [0.1, 0.15) is 30.7 Å². The molecule has 1 amide bonds. The predicted molar refractivity (Wildman–Crippen MR) is 133 cm³/mol. The lowest BCUT2D eigenvalue weighted by atomic mass is 10.0. The fourth-order valence-electron chi connectivity index (χ4n) is 3.48. The number of nitrogens with zero attached hydrogens (tertiary/aromatic N) is 4. The molecule has 0 unspecified atom stereocenters. The summed E-state index contributed by atoms with van der Waals surface area (Å²) < 4.78 is 110. The van der Waals surface area contributed by atoms with Crippen LogP contribution in [0.2, 0.25) is 0 Å². The van der Waals surface area contributed by atoms with Gasteiger partial charge in [-0.3, -0.25) is 14.7 Å². The van der Waals surface area contributed by atoms with Crippen LogP contribution in [0.5, 0.6) is 0 Å². The number of benzene rings is 1. The van der Waals surface area contributed by atoms with E-state index in [0.717, 1.165) is 48.2 Å². The molecule has 2 aromatic heterocycles. The Balaban J connectivity index is 2.23. The number of sulfone groups is 1. The second-order valence-electron chi connectivity index (χ2n) is 8.25. The molecule has 214 valence electrons. The maximum Gasteiger partial charge on any atom is 0.417 e. The van der Waals surface area contributed by atoms with E-state index in [1.54, 1.807) is 0 Å². The number of anilines is 1. The van der Waals surface area contributed by atoms with Gasteiger partial charge in [-0.1, -0.05) is 19.1 Å². The maximum atomic E-state index is 13.1. The summed E-state index contributed by atoms with van der Waals surface area (Å²) in [7, 11) is -2.86.